The molecule has 8 nitrogen and oxygen atoms in total. The van der Waals surface area contributed by atoms with Crippen molar-refractivity contribution in [1.82, 2.24) is 24.4 Å². The Labute approximate surface area is 230 Å². The molecule has 0 saturated carbocycles. The fourth-order valence-electron chi connectivity index (χ4n) is 5.05. The molecule has 0 aliphatic carbocycles. The number of para-hydroxylation sites is 1. The van der Waals surface area contributed by atoms with Crippen molar-refractivity contribution in [1.29, 1.82) is 0 Å². The molecule has 4 aromatic rings. The number of piperazine rings is 1. The summed E-state index contributed by atoms with van der Waals surface area (Å²) < 4.78 is 16.2. The second kappa shape index (κ2) is 10.6. The number of fused-ring (bicyclic) bond motifs is 1. The molecule has 0 radical (unpaired) electrons. The number of hydrogen-bond acceptors (Lipinski definition) is 6. The second-order valence-electron chi connectivity index (χ2n) is 9.82. The van der Waals surface area contributed by atoms with Gasteiger partial charge in [0, 0.05) is 31.9 Å². The second-order valence-corrected chi connectivity index (χ2v) is 10.2. The van der Waals surface area contributed by atoms with Crippen LogP contribution in [-0.2, 0) is 4.79 Å². The number of pyridine rings is 2. The van der Waals surface area contributed by atoms with Crippen LogP contribution in [0, 0.1) is 5.82 Å². The molecule has 4 heterocycles. The van der Waals surface area contributed by atoms with Crippen molar-refractivity contribution in [2.24, 2.45) is 0 Å². The number of rotatable bonds is 5. The normalized spacial score (nSPS) is 15.7. The van der Waals surface area contributed by atoms with E-state index in [1.54, 1.807) is 11.0 Å². The van der Waals surface area contributed by atoms with E-state index >= 15 is 0 Å². The third-order valence-corrected chi connectivity index (χ3v) is 7.26. The van der Waals surface area contributed by atoms with E-state index in [4.69, 9.17) is 16.6 Å². The van der Waals surface area contributed by atoms with Crippen LogP contribution in [0.5, 0.6) is 0 Å². The maximum atomic E-state index is 14.8. The molecular formula is C29H28ClFN6O2. The quantitative estimate of drug-likeness (QED) is 0.328. The van der Waals surface area contributed by atoms with E-state index in [0.29, 0.717) is 42.2 Å². The minimum Gasteiger partial charge on any atom is -0.350 e. The lowest BCUT2D eigenvalue weighted by Gasteiger charge is -2.40. The lowest BCUT2D eigenvalue weighted by Crippen LogP contribution is -2.54. The Bertz CT molecular complexity index is 1650. The summed E-state index contributed by atoms with van der Waals surface area (Å²) in [5.74, 6) is -0.201. The number of anilines is 1. The van der Waals surface area contributed by atoms with Gasteiger partial charge in [-0.3, -0.25) is 9.78 Å². The predicted octanol–water partition coefficient (Wildman–Crippen LogP) is 4.98. The fourth-order valence-corrected chi connectivity index (χ4v) is 5.29. The molecule has 1 amide bonds. The number of amides is 1. The van der Waals surface area contributed by atoms with Gasteiger partial charge in [-0.1, -0.05) is 50.2 Å². The molecular weight excluding hydrogens is 519 g/mol. The number of carbonyl (C=O) groups is 1. The Morgan fingerprint density at radius 3 is 2.62 bits per heavy atom. The number of aromatic nitrogens is 4. The van der Waals surface area contributed by atoms with Crippen molar-refractivity contribution in [3.63, 3.8) is 0 Å². The summed E-state index contributed by atoms with van der Waals surface area (Å²) in [7, 11) is 0. The van der Waals surface area contributed by atoms with E-state index in [0.717, 1.165) is 5.56 Å². The van der Waals surface area contributed by atoms with E-state index in [9.17, 15) is 14.0 Å². The van der Waals surface area contributed by atoms with Gasteiger partial charge in [0.15, 0.2) is 11.5 Å². The summed E-state index contributed by atoms with van der Waals surface area (Å²) in [5, 5.41) is 0.715. The number of benzene rings is 1. The highest BCUT2D eigenvalue weighted by atomic mass is 35.5. The smallest absolute Gasteiger partial charge is 0.350 e. The monoisotopic (exact) mass is 546 g/mol. The van der Waals surface area contributed by atoms with Gasteiger partial charge in [0.25, 0.3) is 0 Å². The molecule has 1 aliphatic rings. The zero-order chi connectivity index (χ0) is 27.8. The summed E-state index contributed by atoms with van der Waals surface area (Å²) in [4.78, 5) is 43.1. The molecule has 0 spiro atoms. The zero-order valence-electron chi connectivity index (χ0n) is 21.9. The predicted molar refractivity (Wildman–Crippen MR) is 151 cm³/mol. The van der Waals surface area contributed by atoms with Crippen LogP contribution in [0.1, 0.15) is 32.3 Å². The summed E-state index contributed by atoms with van der Waals surface area (Å²) in [5.41, 5.74) is 1.46. The van der Waals surface area contributed by atoms with Crippen LogP contribution in [0.2, 0.25) is 5.02 Å². The van der Waals surface area contributed by atoms with E-state index < -0.39 is 11.5 Å². The first-order valence-corrected chi connectivity index (χ1v) is 13.1. The van der Waals surface area contributed by atoms with Gasteiger partial charge >= 0.3 is 5.69 Å². The average molecular weight is 547 g/mol. The zero-order valence-corrected chi connectivity index (χ0v) is 22.7. The standard InChI is InChI=1S/C29H28ClFN6O2/c1-5-24(38)35-13-14-36(18(4)16-35)27-20-15-21(30)25(26-22(31)10-8-12-32-26)33-28(20)37(29(39)34-27)23-11-7-6-9-19(23)17(2)3/h5-12,15,17-18H,1,13-14,16H2,2-4H3/t18-/m0/s1. The molecule has 1 aromatic carbocycles. The van der Waals surface area contributed by atoms with Gasteiger partial charge in [-0.25, -0.2) is 18.7 Å². The minimum atomic E-state index is -0.575. The summed E-state index contributed by atoms with van der Waals surface area (Å²) >= 11 is 6.69. The SMILES string of the molecule is C=CC(=O)N1CCN(c2nc(=O)n(-c3ccccc3C(C)C)c3nc(-c4ncccc4F)c(Cl)cc23)[C@@H](C)C1. The molecule has 0 bridgehead atoms. The largest absolute Gasteiger partial charge is 0.355 e. The molecule has 10 heteroatoms. The molecule has 39 heavy (non-hydrogen) atoms. The van der Waals surface area contributed by atoms with E-state index in [-0.39, 0.29) is 34.3 Å². The van der Waals surface area contributed by atoms with Crippen molar-refractivity contribution >= 4 is 34.4 Å². The van der Waals surface area contributed by atoms with Crippen LogP contribution in [0.4, 0.5) is 10.2 Å². The van der Waals surface area contributed by atoms with Crippen molar-refractivity contribution < 1.29 is 9.18 Å². The van der Waals surface area contributed by atoms with Crippen LogP contribution in [0.3, 0.4) is 0 Å². The number of hydrogen-bond donors (Lipinski definition) is 0. The molecule has 200 valence electrons. The van der Waals surface area contributed by atoms with Crippen LogP contribution < -0.4 is 10.6 Å². The number of halogens is 2. The van der Waals surface area contributed by atoms with Crippen molar-refractivity contribution in [3.05, 3.63) is 88.2 Å². The first kappa shape index (κ1) is 26.5. The van der Waals surface area contributed by atoms with E-state index in [2.05, 4.69) is 16.5 Å². The lowest BCUT2D eigenvalue weighted by molar-refractivity contribution is -0.126. The molecule has 0 unspecified atom stereocenters. The summed E-state index contributed by atoms with van der Waals surface area (Å²) in [6, 6.07) is 11.9. The lowest BCUT2D eigenvalue weighted by atomic mass is 10.0. The maximum Gasteiger partial charge on any atom is 0.355 e. The summed E-state index contributed by atoms with van der Waals surface area (Å²) in [6.45, 7) is 10.9. The fraction of sp³-hybridized carbons (Fsp3) is 0.276. The first-order chi connectivity index (χ1) is 18.7. The molecule has 1 atom stereocenters. The highest BCUT2D eigenvalue weighted by Gasteiger charge is 2.30. The van der Waals surface area contributed by atoms with Gasteiger partial charge in [-0.2, -0.15) is 4.98 Å². The molecule has 1 aliphatic heterocycles. The Balaban J connectivity index is 1.78. The third kappa shape index (κ3) is 4.78. The first-order valence-electron chi connectivity index (χ1n) is 12.7. The molecule has 1 saturated heterocycles. The van der Waals surface area contributed by atoms with Gasteiger partial charge < -0.3 is 9.80 Å². The highest BCUT2D eigenvalue weighted by Crippen LogP contribution is 2.35. The minimum absolute atomic E-state index is 0.0103. The van der Waals surface area contributed by atoms with E-state index in [1.807, 2.05) is 49.9 Å². The Morgan fingerprint density at radius 2 is 1.92 bits per heavy atom. The van der Waals surface area contributed by atoms with Crippen LogP contribution >= 0.6 is 11.6 Å². The van der Waals surface area contributed by atoms with E-state index in [1.165, 1.54) is 29.0 Å². The average Bonchev–Trinajstić information content (AvgIpc) is 2.92. The van der Waals surface area contributed by atoms with Crippen LogP contribution in [0.15, 0.2) is 66.1 Å². The third-order valence-electron chi connectivity index (χ3n) is 6.97. The number of carbonyl (C=O) groups excluding carboxylic acids is 1. The van der Waals surface area contributed by atoms with Crippen molar-refractivity contribution in [3.8, 4) is 17.1 Å². The molecule has 3 aromatic heterocycles. The summed E-state index contributed by atoms with van der Waals surface area (Å²) in [6.07, 6.45) is 2.76. The number of nitrogens with zero attached hydrogens (tertiary/aromatic N) is 6. The molecule has 0 N–H and O–H groups in total. The van der Waals surface area contributed by atoms with Crippen molar-refractivity contribution in [2.45, 2.75) is 32.7 Å². The van der Waals surface area contributed by atoms with Gasteiger partial charge in [-0.05, 0) is 48.7 Å². The molecule has 1 fully saturated rings. The highest BCUT2D eigenvalue weighted by molar-refractivity contribution is 6.33. The molecule has 5 rings (SSSR count). The Hall–Kier alpha value is -4.11. The van der Waals surface area contributed by atoms with Gasteiger partial charge in [0.1, 0.15) is 17.2 Å². The maximum absolute atomic E-state index is 14.8. The Kier molecular flexibility index (Phi) is 7.18. The van der Waals surface area contributed by atoms with Crippen LogP contribution in [0.25, 0.3) is 28.1 Å². The van der Waals surface area contributed by atoms with Gasteiger partial charge in [0.05, 0.1) is 16.1 Å². The topological polar surface area (TPSA) is 84.2 Å². The van der Waals surface area contributed by atoms with Crippen molar-refractivity contribution in [2.75, 3.05) is 24.5 Å². The van der Waals surface area contributed by atoms with Gasteiger partial charge in [-0.15, -0.1) is 0 Å². The Morgan fingerprint density at radius 1 is 1.15 bits per heavy atom. The van der Waals surface area contributed by atoms with Crippen LogP contribution in [-0.4, -0.2) is 56.0 Å². The van der Waals surface area contributed by atoms with Gasteiger partial charge in [0.2, 0.25) is 5.91 Å².